The van der Waals surface area contributed by atoms with Crippen molar-refractivity contribution in [3.63, 3.8) is 0 Å². The van der Waals surface area contributed by atoms with Crippen molar-refractivity contribution in [3.8, 4) is 0 Å². The summed E-state index contributed by atoms with van der Waals surface area (Å²) in [5.41, 5.74) is 0.574. The lowest BCUT2D eigenvalue weighted by molar-refractivity contribution is 0.171. The third kappa shape index (κ3) is 3.63. The molecule has 1 N–H and O–H groups in total. The molecule has 1 heterocycles. The second-order valence-electron chi connectivity index (χ2n) is 4.85. The molecule has 0 radical (unpaired) electrons. The first kappa shape index (κ1) is 14.7. The van der Waals surface area contributed by atoms with Crippen LogP contribution in [-0.2, 0) is 19.4 Å². The van der Waals surface area contributed by atoms with Crippen LogP contribution in [0, 0.1) is 11.6 Å². The molecule has 0 aliphatic carbocycles. The second kappa shape index (κ2) is 6.61. The van der Waals surface area contributed by atoms with E-state index in [-0.39, 0.29) is 6.42 Å². The molecule has 0 bridgehead atoms. The third-order valence-corrected chi connectivity index (χ3v) is 3.14. The smallest absolute Gasteiger partial charge is 0.159 e. The number of rotatable bonds is 6. The molecular formula is C15H18F2N2O. The summed E-state index contributed by atoms with van der Waals surface area (Å²) in [5.74, 6) is -0.953. The Balaban J connectivity index is 1.99. The molecular weight excluding hydrogens is 262 g/mol. The minimum Gasteiger partial charge on any atom is -0.392 e. The molecule has 0 saturated carbocycles. The van der Waals surface area contributed by atoms with Crippen LogP contribution in [0.4, 0.5) is 8.78 Å². The van der Waals surface area contributed by atoms with Crippen molar-refractivity contribution in [2.45, 2.75) is 38.8 Å². The standard InChI is InChI=1S/C15H18F2N2O/c1-2-6-19-7-5-18-15(19)10-12(20)8-11-3-4-13(16)14(17)9-11/h3-5,7,9,12,20H,2,6,8,10H2,1H3. The molecule has 20 heavy (non-hydrogen) atoms. The average Bonchev–Trinajstić information content (AvgIpc) is 2.82. The molecule has 0 amide bonds. The van der Waals surface area contributed by atoms with Crippen LogP contribution in [0.2, 0.25) is 0 Å². The van der Waals surface area contributed by atoms with Gasteiger partial charge in [0, 0.05) is 25.4 Å². The third-order valence-electron chi connectivity index (χ3n) is 3.14. The van der Waals surface area contributed by atoms with Crippen LogP contribution in [0.1, 0.15) is 24.7 Å². The summed E-state index contributed by atoms with van der Waals surface area (Å²) in [4.78, 5) is 4.22. The zero-order valence-electron chi connectivity index (χ0n) is 11.4. The number of benzene rings is 1. The zero-order valence-corrected chi connectivity index (χ0v) is 11.4. The van der Waals surface area contributed by atoms with Crippen molar-refractivity contribution in [1.29, 1.82) is 0 Å². The molecule has 1 aromatic heterocycles. The lowest BCUT2D eigenvalue weighted by Gasteiger charge is -2.12. The maximum atomic E-state index is 13.1. The zero-order chi connectivity index (χ0) is 14.5. The molecule has 1 unspecified atom stereocenters. The van der Waals surface area contributed by atoms with Gasteiger partial charge in [-0.25, -0.2) is 13.8 Å². The Morgan fingerprint density at radius 2 is 2.05 bits per heavy atom. The number of aliphatic hydroxyl groups excluding tert-OH is 1. The van der Waals surface area contributed by atoms with Crippen LogP contribution in [0.15, 0.2) is 30.6 Å². The van der Waals surface area contributed by atoms with Gasteiger partial charge in [0.25, 0.3) is 0 Å². The molecule has 0 aliphatic rings. The van der Waals surface area contributed by atoms with Gasteiger partial charge in [-0.2, -0.15) is 0 Å². The van der Waals surface area contributed by atoms with Gasteiger partial charge in [0.1, 0.15) is 5.82 Å². The quantitative estimate of drug-likeness (QED) is 0.883. The Morgan fingerprint density at radius 1 is 1.25 bits per heavy atom. The Bertz CT molecular complexity index is 569. The summed E-state index contributed by atoms with van der Waals surface area (Å²) in [5, 5.41) is 10.1. The molecule has 2 aromatic rings. The summed E-state index contributed by atoms with van der Waals surface area (Å²) in [6.07, 6.45) is 4.57. The van der Waals surface area contributed by atoms with Crippen LogP contribution in [0.25, 0.3) is 0 Å². The maximum absolute atomic E-state index is 13.1. The maximum Gasteiger partial charge on any atom is 0.159 e. The van der Waals surface area contributed by atoms with E-state index in [0.717, 1.165) is 30.9 Å². The van der Waals surface area contributed by atoms with Gasteiger partial charge in [0.15, 0.2) is 11.6 Å². The molecule has 0 spiro atoms. The van der Waals surface area contributed by atoms with E-state index >= 15 is 0 Å². The van der Waals surface area contributed by atoms with E-state index in [1.807, 2.05) is 10.8 Å². The Hall–Kier alpha value is -1.75. The van der Waals surface area contributed by atoms with E-state index in [9.17, 15) is 13.9 Å². The molecule has 5 heteroatoms. The highest BCUT2D eigenvalue weighted by molar-refractivity contribution is 5.18. The first-order chi connectivity index (χ1) is 9.60. The first-order valence-electron chi connectivity index (χ1n) is 6.72. The molecule has 0 aliphatic heterocycles. The number of halogens is 2. The minimum absolute atomic E-state index is 0.274. The SMILES string of the molecule is CCCn1ccnc1CC(O)Cc1ccc(F)c(F)c1. The normalized spacial score (nSPS) is 12.6. The first-order valence-corrected chi connectivity index (χ1v) is 6.72. The van der Waals surface area contributed by atoms with Crippen molar-refractivity contribution in [3.05, 3.63) is 53.6 Å². The van der Waals surface area contributed by atoms with Gasteiger partial charge in [-0.15, -0.1) is 0 Å². The van der Waals surface area contributed by atoms with E-state index in [1.165, 1.54) is 6.07 Å². The van der Waals surface area contributed by atoms with E-state index in [0.29, 0.717) is 12.0 Å². The van der Waals surface area contributed by atoms with Crippen LogP contribution in [-0.4, -0.2) is 20.8 Å². The molecule has 0 saturated heterocycles. The van der Waals surface area contributed by atoms with E-state index in [1.54, 1.807) is 6.20 Å². The van der Waals surface area contributed by atoms with E-state index in [4.69, 9.17) is 0 Å². The van der Waals surface area contributed by atoms with Gasteiger partial charge >= 0.3 is 0 Å². The Morgan fingerprint density at radius 3 is 2.75 bits per heavy atom. The van der Waals surface area contributed by atoms with E-state index in [2.05, 4.69) is 11.9 Å². The molecule has 1 aromatic carbocycles. The largest absolute Gasteiger partial charge is 0.392 e. The molecule has 3 nitrogen and oxygen atoms in total. The predicted octanol–water partition coefficient (Wildman–Crippen LogP) is 2.72. The van der Waals surface area contributed by atoms with Gasteiger partial charge in [0.05, 0.1) is 6.10 Å². The lowest BCUT2D eigenvalue weighted by Crippen LogP contribution is -2.17. The minimum atomic E-state index is -0.887. The highest BCUT2D eigenvalue weighted by Crippen LogP contribution is 2.12. The van der Waals surface area contributed by atoms with Crippen molar-refractivity contribution in [2.24, 2.45) is 0 Å². The van der Waals surface area contributed by atoms with Crippen molar-refractivity contribution < 1.29 is 13.9 Å². The molecule has 0 fully saturated rings. The Kier molecular flexibility index (Phi) is 4.84. The fourth-order valence-corrected chi connectivity index (χ4v) is 2.20. The van der Waals surface area contributed by atoms with Gasteiger partial charge in [-0.1, -0.05) is 13.0 Å². The topological polar surface area (TPSA) is 38.0 Å². The number of aryl methyl sites for hydroxylation is 1. The number of imidazole rings is 1. The van der Waals surface area contributed by atoms with Gasteiger partial charge in [-0.05, 0) is 30.5 Å². The number of aliphatic hydroxyl groups is 1. The number of hydrogen-bond donors (Lipinski definition) is 1. The fourth-order valence-electron chi connectivity index (χ4n) is 2.20. The summed E-state index contributed by atoms with van der Waals surface area (Å²) >= 11 is 0. The van der Waals surface area contributed by atoms with Gasteiger partial charge in [0.2, 0.25) is 0 Å². The average molecular weight is 280 g/mol. The van der Waals surface area contributed by atoms with Crippen LogP contribution in [0.5, 0.6) is 0 Å². The molecule has 108 valence electrons. The van der Waals surface area contributed by atoms with Crippen LogP contribution < -0.4 is 0 Å². The lowest BCUT2D eigenvalue weighted by atomic mass is 10.1. The monoisotopic (exact) mass is 280 g/mol. The highest BCUT2D eigenvalue weighted by atomic mass is 19.2. The van der Waals surface area contributed by atoms with Crippen LogP contribution >= 0.6 is 0 Å². The summed E-state index contributed by atoms with van der Waals surface area (Å²) in [7, 11) is 0. The van der Waals surface area contributed by atoms with Crippen molar-refractivity contribution in [1.82, 2.24) is 9.55 Å². The summed E-state index contributed by atoms with van der Waals surface area (Å²) < 4.78 is 27.9. The van der Waals surface area contributed by atoms with E-state index < -0.39 is 17.7 Å². The second-order valence-corrected chi connectivity index (χ2v) is 4.85. The number of nitrogens with zero attached hydrogens (tertiary/aromatic N) is 2. The van der Waals surface area contributed by atoms with Crippen molar-refractivity contribution >= 4 is 0 Å². The highest BCUT2D eigenvalue weighted by Gasteiger charge is 2.12. The molecule has 2 rings (SSSR count). The fraction of sp³-hybridized carbons (Fsp3) is 0.400. The van der Waals surface area contributed by atoms with Gasteiger partial charge < -0.3 is 9.67 Å². The summed E-state index contributed by atoms with van der Waals surface area (Å²) in [6, 6.07) is 3.69. The Labute approximate surface area is 116 Å². The molecule has 1 atom stereocenters. The van der Waals surface area contributed by atoms with Gasteiger partial charge in [-0.3, -0.25) is 0 Å². The summed E-state index contributed by atoms with van der Waals surface area (Å²) in [6.45, 7) is 2.93. The van der Waals surface area contributed by atoms with Crippen LogP contribution in [0.3, 0.4) is 0 Å². The number of aromatic nitrogens is 2. The van der Waals surface area contributed by atoms with Crippen molar-refractivity contribution in [2.75, 3.05) is 0 Å². The predicted molar refractivity (Wildman–Crippen MR) is 72.3 cm³/mol. The number of hydrogen-bond acceptors (Lipinski definition) is 2.